The topological polar surface area (TPSA) is 40.6 Å². The summed E-state index contributed by atoms with van der Waals surface area (Å²) in [5.41, 5.74) is 7.46. The minimum absolute atomic E-state index is 0.239. The third-order valence-corrected chi connectivity index (χ3v) is 8.34. The molecule has 1 unspecified atom stereocenters. The predicted molar refractivity (Wildman–Crippen MR) is 126 cm³/mol. The normalized spacial score (nSPS) is 22.8. The van der Waals surface area contributed by atoms with Gasteiger partial charge in [0.15, 0.2) is 5.78 Å². The van der Waals surface area contributed by atoms with Crippen molar-refractivity contribution in [1.29, 1.82) is 0 Å². The van der Waals surface area contributed by atoms with Gasteiger partial charge in [-0.15, -0.1) is 0 Å². The molecule has 0 bridgehead atoms. The molecule has 6 rings (SSSR count). The Bertz CT molecular complexity index is 1070. The first-order chi connectivity index (χ1) is 15.7. The minimum atomic E-state index is 0.239. The molecule has 3 heterocycles. The van der Waals surface area contributed by atoms with Gasteiger partial charge in [-0.05, 0) is 98.3 Å². The molecule has 4 heteroatoms. The van der Waals surface area contributed by atoms with Crippen molar-refractivity contribution in [2.75, 3.05) is 24.5 Å². The van der Waals surface area contributed by atoms with Gasteiger partial charge in [0, 0.05) is 31.0 Å². The summed E-state index contributed by atoms with van der Waals surface area (Å²) in [6, 6.07) is 13.7. The number of benzene rings is 2. The molecule has 0 spiro atoms. The number of carbonyl (C=O) groups is 2. The fraction of sp³-hybridized carbons (Fsp3) is 0.500. The molecular formula is C28H32N2O2. The summed E-state index contributed by atoms with van der Waals surface area (Å²) in [7, 11) is 0. The van der Waals surface area contributed by atoms with E-state index in [1.165, 1.54) is 42.4 Å². The van der Waals surface area contributed by atoms with Gasteiger partial charge in [0.2, 0.25) is 5.91 Å². The van der Waals surface area contributed by atoms with Crippen LogP contribution >= 0.6 is 0 Å². The number of hydrogen-bond acceptors (Lipinski definition) is 3. The van der Waals surface area contributed by atoms with Gasteiger partial charge in [0.25, 0.3) is 0 Å². The Morgan fingerprint density at radius 1 is 0.875 bits per heavy atom. The quantitative estimate of drug-likeness (QED) is 0.637. The van der Waals surface area contributed by atoms with Crippen molar-refractivity contribution in [2.45, 2.75) is 63.8 Å². The molecule has 1 saturated heterocycles. The first-order valence-electron chi connectivity index (χ1n) is 12.5. The first-order valence-corrected chi connectivity index (χ1v) is 12.5. The second kappa shape index (κ2) is 8.15. The standard InChI is InChI=1S/C28H32N2O2/c31-26(23-17-21-7-10-27(32)30-16-13-22(18-23)28(21)30)9-5-19-11-14-29(15-12-19)25-8-6-20-3-1-2-4-24(20)25/h1-4,17-19,25H,5-16H2. The highest BCUT2D eigenvalue weighted by Crippen LogP contribution is 2.39. The smallest absolute Gasteiger partial charge is 0.227 e. The molecule has 166 valence electrons. The molecule has 32 heavy (non-hydrogen) atoms. The molecule has 4 aliphatic rings. The van der Waals surface area contributed by atoms with E-state index in [1.807, 2.05) is 4.90 Å². The Hall–Kier alpha value is -2.46. The predicted octanol–water partition coefficient (Wildman–Crippen LogP) is 4.88. The van der Waals surface area contributed by atoms with Gasteiger partial charge in [-0.1, -0.05) is 24.3 Å². The average Bonchev–Trinajstić information content (AvgIpc) is 3.46. The van der Waals surface area contributed by atoms with Crippen LogP contribution in [0.4, 0.5) is 5.69 Å². The lowest BCUT2D eigenvalue weighted by Crippen LogP contribution is -2.36. The van der Waals surface area contributed by atoms with Crippen LogP contribution in [0, 0.1) is 5.92 Å². The highest BCUT2D eigenvalue weighted by Gasteiger charge is 2.33. The van der Waals surface area contributed by atoms with Crippen molar-refractivity contribution in [3.05, 3.63) is 64.2 Å². The van der Waals surface area contributed by atoms with Crippen molar-refractivity contribution in [1.82, 2.24) is 4.90 Å². The molecule has 0 saturated carbocycles. The lowest BCUT2D eigenvalue weighted by Gasteiger charge is -2.36. The molecule has 3 aliphatic heterocycles. The van der Waals surface area contributed by atoms with Crippen LogP contribution in [0.5, 0.6) is 0 Å². The summed E-state index contributed by atoms with van der Waals surface area (Å²) in [4.78, 5) is 29.8. The van der Waals surface area contributed by atoms with Crippen molar-refractivity contribution < 1.29 is 9.59 Å². The summed E-state index contributed by atoms with van der Waals surface area (Å²) in [6.45, 7) is 3.10. The van der Waals surface area contributed by atoms with E-state index in [2.05, 4.69) is 41.3 Å². The van der Waals surface area contributed by atoms with E-state index in [-0.39, 0.29) is 11.7 Å². The van der Waals surface area contributed by atoms with E-state index >= 15 is 0 Å². The van der Waals surface area contributed by atoms with Gasteiger partial charge in [0.1, 0.15) is 0 Å². The molecular weight excluding hydrogens is 396 g/mol. The van der Waals surface area contributed by atoms with Crippen LogP contribution in [0.15, 0.2) is 36.4 Å². The van der Waals surface area contributed by atoms with E-state index in [0.717, 1.165) is 50.1 Å². The average molecular weight is 429 g/mol. The molecule has 4 nitrogen and oxygen atoms in total. The van der Waals surface area contributed by atoms with Gasteiger partial charge in [-0.2, -0.15) is 0 Å². The summed E-state index contributed by atoms with van der Waals surface area (Å²) >= 11 is 0. The Balaban J connectivity index is 1.05. The monoisotopic (exact) mass is 428 g/mol. The number of carbonyl (C=O) groups excluding carboxylic acids is 2. The number of hydrogen-bond donors (Lipinski definition) is 0. The highest BCUT2D eigenvalue weighted by molar-refractivity contribution is 6.02. The third kappa shape index (κ3) is 3.49. The molecule has 1 aliphatic carbocycles. The number of rotatable bonds is 5. The van der Waals surface area contributed by atoms with Crippen LogP contribution in [0.2, 0.25) is 0 Å². The number of piperidine rings is 1. The summed E-state index contributed by atoms with van der Waals surface area (Å²) in [6.07, 6.45) is 8.78. The van der Waals surface area contributed by atoms with Gasteiger partial charge < -0.3 is 4.90 Å². The molecule has 0 aromatic heterocycles. The molecule has 1 atom stereocenters. The SMILES string of the molecule is O=C(CCC1CCN(C2CCc3ccccc32)CC1)c1cc2c3c(c1)CCN3C(=O)CC2. The van der Waals surface area contributed by atoms with Crippen LogP contribution in [0.3, 0.4) is 0 Å². The van der Waals surface area contributed by atoms with E-state index in [9.17, 15) is 9.59 Å². The van der Waals surface area contributed by atoms with E-state index in [1.54, 1.807) is 5.56 Å². The maximum Gasteiger partial charge on any atom is 0.227 e. The van der Waals surface area contributed by atoms with Crippen LogP contribution in [0.25, 0.3) is 0 Å². The van der Waals surface area contributed by atoms with Crippen molar-refractivity contribution in [3.8, 4) is 0 Å². The zero-order valence-corrected chi connectivity index (χ0v) is 18.8. The van der Waals surface area contributed by atoms with Crippen LogP contribution in [-0.2, 0) is 24.1 Å². The second-order valence-corrected chi connectivity index (χ2v) is 10.1. The Morgan fingerprint density at radius 2 is 1.66 bits per heavy atom. The molecule has 0 N–H and O–H groups in total. The van der Waals surface area contributed by atoms with E-state index in [4.69, 9.17) is 0 Å². The van der Waals surface area contributed by atoms with Crippen LogP contribution < -0.4 is 4.90 Å². The number of aryl methyl sites for hydroxylation is 2. The molecule has 2 aromatic rings. The summed E-state index contributed by atoms with van der Waals surface area (Å²) in [5.74, 6) is 1.18. The molecule has 2 aromatic carbocycles. The van der Waals surface area contributed by atoms with E-state index < -0.39 is 0 Å². The molecule has 1 fully saturated rings. The lowest BCUT2D eigenvalue weighted by atomic mass is 9.88. The zero-order valence-electron chi connectivity index (χ0n) is 18.8. The van der Waals surface area contributed by atoms with Crippen LogP contribution in [-0.4, -0.2) is 36.2 Å². The fourth-order valence-corrected chi connectivity index (χ4v) is 6.57. The number of likely N-dealkylation sites (tertiary alicyclic amines) is 1. The van der Waals surface area contributed by atoms with Crippen molar-refractivity contribution in [2.24, 2.45) is 5.92 Å². The Labute approximate surface area is 190 Å². The zero-order chi connectivity index (χ0) is 21.7. The summed E-state index contributed by atoms with van der Waals surface area (Å²) < 4.78 is 0. The van der Waals surface area contributed by atoms with Gasteiger partial charge in [-0.25, -0.2) is 0 Å². The third-order valence-electron chi connectivity index (χ3n) is 8.34. The van der Waals surface area contributed by atoms with E-state index in [0.29, 0.717) is 24.8 Å². The number of ketones is 1. The first kappa shape index (κ1) is 20.2. The number of amides is 1. The lowest BCUT2D eigenvalue weighted by molar-refractivity contribution is -0.118. The summed E-state index contributed by atoms with van der Waals surface area (Å²) in [5, 5.41) is 0. The van der Waals surface area contributed by atoms with Crippen LogP contribution in [0.1, 0.15) is 77.2 Å². The molecule has 0 radical (unpaired) electrons. The highest BCUT2D eigenvalue weighted by atomic mass is 16.2. The van der Waals surface area contributed by atoms with Crippen molar-refractivity contribution in [3.63, 3.8) is 0 Å². The Kier molecular flexibility index (Phi) is 5.14. The van der Waals surface area contributed by atoms with Gasteiger partial charge in [0.05, 0.1) is 5.69 Å². The largest absolute Gasteiger partial charge is 0.312 e. The van der Waals surface area contributed by atoms with Gasteiger partial charge in [-0.3, -0.25) is 14.5 Å². The fourth-order valence-electron chi connectivity index (χ4n) is 6.57. The maximum atomic E-state index is 13.0. The molecule has 1 amide bonds. The van der Waals surface area contributed by atoms with Gasteiger partial charge >= 0.3 is 0 Å². The maximum absolute atomic E-state index is 13.0. The number of Topliss-reactive ketones (excluding diaryl/α,β-unsaturated/α-hetero) is 1. The second-order valence-electron chi connectivity index (χ2n) is 10.1. The number of fused-ring (bicyclic) bond motifs is 1. The minimum Gasteiger partial charge on any atom is -0.312 e. The Morgan fingerprint density at radius 3 is 2.50 bits per heavy atom. The van der Waals surface area contributed by atoms with Crippen molar-refractivity contribution >= 4 is 17.4 Å². The number of nitrogens with zero attached hydrogens (tertiary/aromatic N) is 2. The number of anilines is 1.